The summed E-state index contributed by atoms with van der Waals surface area (Å²) in [5.74, 6) is 1.15. The first kappa shape index (κ1) is 19.1. The van der Waals surface area contributed by atoms with Crippen LogP contribution in [0, 0.1) is 0 Å². The van der Waals surface area contributed by atoms with E-state index in [1.807, 2.05) is 26.8 Å². The second-order valence-electron chi connectivity index (χ2n) is 5.63. The fourth-order valence-corrected chi connectivity index (χ4v) is 1.89. The number of anilines is 1. The van der Waals surface area contributed by atoms with Gasteiger partial charge in [-0.25, -0.2) is 9.97 Å². The van der Waals surface area contributed by atoms with E-state index in [-0.39, 0.29) is 30.3 Å². The summed E-state index contributed by atoms with van der Waals surface area (Å²) in [5, 5.41) is 7.35. The maximum atomic E-state index is 12.0. The van der Waals surface area contributed by atoms with Crippen molar-refractivity contribution in [1.29, 1.82) is 0 Å². The fraction of sp³-hybridized carbons (Fsp3) is 0.467. The van der Waals surface area contributed by atoms with Crippen LogP contribution in [0.15, 0.2) is 24.5 Å². The molecule has 0 aliphatic carbocycles. The molecule has 2 aromatic rings. The van der Waals surface area contributed by atoms with Crippen LogP contribution in [0.5, 0.6) is 0 Å². The van der Waals surface area contributed by atoms with Crippen LogP contribution in [0.2, 0.25) is 0 Å². The zero-order valence-corrected chi connectivity index (χ0v) is 14.4. The Hall–Kier alpha value is -1.99. The van der Waals surface area contributed by atoms with Gasteiger partial charge >= 0.3 is 0 Å². The van der Waals surface area contributed by atoms with Gasteiger partial charge in [-0.1, -0.05) is 13.8 Å². The molecule has 0 saturated carbocycles. The smallest absolute Gasteiger partial charge is 0.252 e. The van der Waals surface area contributed by atoms with E-state index < -0.39 is 0 Å². The third-order valence-electron chi connectivity index (χ3n) is 3.16. The molecule has 2 rings (SSSR count). The molecule has 2 heterocycles. The molecule has 7 nitrogen and oxygen atoms in total. The molecule has 0 aliphatic heterocycles. The molecule has 0 bridgehead atoms. The van der Waals surface area contributed by atoms with Gasteiger partial charge in [0, 0.05) is 30.9 Å². The van der Waals surface area contributed by atoms with E-state index in [1.54, 1.807) is 23.1 Å². The summed E-state index contributed by atoms with van der Waals surface area (Å²) in [7, 11) is 0. The Balaban J connectivity index is 0.00000264. The Morgan fingerprint density at radius 2 is 1.96 bits per heavy atom. The van der Waals surface area contributed by atoms with Crippen LogP contribution in [0.25, 0.3) is 5.95 Å². The number of nitrogens with zero attached hydrogens (tertiary/aromatic N) is 4. The molecule has 1 amide bonds. The number of nitrogens with one attached hydrogen (secondary N) is 1. The van der Waals surface area contributed by atoms with Gasteiger partial charge in [-0.2, -0.15) is 9.78 Å². The Bertz CT molecular complexity index is 626. The van der Waals surface area contributed by atoms with Crippen molar-refractivity contribution in [2.75, 3.05) is 5.32 Å². The lowest BCUT2D eigenvalue weighted by Gasteiger charge is -2.08. The molecule has 126 valence electrons. The number of hydrogen-bond donors (Lipinski definition) is 2. The SMILES string of the molecule is CC(N)CCC(=O)Nc1cc(C(C)C)nn1-c1ncccn1.Cl. The van der Waals surface area contributed by atoms with E-state index in [9.17, 15) is 4.79 Å². The molecule has 2 aromatic heterocycles. The van der Waals surface area contributed by atoms with E-state index in [2.05, 4.69) is 20.4 Å². The number of carbonyl (C=O) groups is 1. The van der Waals surface area contributed by atoms with E-state index in [1.165, 1.54) is 0 Å². The molecule has 0 saturated heterocycles. The summed E-state index contributed by atoms with van der Waals surface area (Å²) in [6.07, 6.45) is 4.29. The summed E-state index contributed by atoms with van der Waals surface area (Å²) in [6.45, 7) is 5.96. The fourth-order valence-electron chi connectivity index (χ4n) is 1.89. The molecule has 0 aromatic carbocycles. The first-order valence-electron chi connectivity index (χ1n) is 7.40. The highest BCUT2D eigenvalue weighted by atomic mass is 35.5. The van der Waals surface area contributed by atoms with Gasteiger partial charge in [-0.05, 0) is 25.3 Å². The van der Waals surface area contributed by atoms with Crippen LogP contribution in [-0.2, 0) is 4.79 Å². The Kier molecular flexibility index (Phi) is 7.12. The molecule has 1 atom stereocenters. The number of nitrogens with two attached hydrogens (primary N) is 1. The minimum atomic E-state index is -0.0929. The van der Waals surface area contributed by atoms with Gasteiger partial charge in [-0.3, -0.25) is 4.79 Å². The summed E-state index contributed by atoms with van der Waals surface area (Å²) < 4.78 is 1.55. The van der Waals surface area contributed by atoms with Crippen LogP contribution >= 0.6 is 12.4 Å². The molecule has 23 heavy (non-hydrogen) atoms. The number of hydrogen-bond acceptors (Lipinski definition) is 5. The first-order chi connectivity index (χ1) is 10.5. The molecular formula is C15H23ClN6O. The van der Waals surface area contributed by atoms with Crippen molar-refractivity contribution in [3.05, 3.63) is 30.2 Å². The van der Waals surface area contributed by atoms with Crippen LogP contribution in [0.3, 0.4) is 0 Å². The van der Waals surface area contributed by atoms with E-state index >= 15 is 0 Å². The van der Waals surface area contributed by atoms with Gasteiger partial charge in [-0.15, -0.1) is 12.4 Å². The van der Waals surface area contributed by atoms with Gasteiger partial charge in [0.25, 0.3) is 5.95 Å². The second kappa shape index (κ2) is 8.59. The topological polar surface area (TPSA) is 98.7 Å². The van der Waals surface area contributed by atoms with Crippen molar-refractivity contribution in [2.24, 2.45) is 5.73 Å². The van der Waals surface area contributed by atoms with E-state index in [4.69, 9.17) is 5.73 Å². The highest BCUT2D eigenvalue weighted by molar-refractivity contribution is 5.90. The average Bonchev–Trinajstić information content (AvgIpc) is 2.90. The molecule has 0 spiro atoms. The first-order valence-corrected chi connectivity index (χ1v) is 7.40. The second-order valence-corrected chi connectivity index (χ2v) is 5.63. The predicted octanol–water partition coefficient (Wildman–Crippen LogP) is 2.27. The summed E-state index contributed by atoms with van der Waals surface area (Å²) in [5.41, 5.74) is 6.55. The van der Waals surface area contributed by atoms with Gasteiger partial charge in [0.05, 0.1) is 5.69 Å². The highest BCUT2D eigenvalue weighted by Crippen LogP contribution is 2.20. The number of rotatable bonds is 6. The largest absolute Gasteiger partial charge is 0.328 e. The minimum Gasteiger partial charge on any atom is -0.328 e. The standard InChI is InChI=1S/C15H22N6O.ClH/c1-10(2)12-9-13(19-14(22)6-5-11(3)16)21(20-12)15-17-7-4-8-18-15;/h4,7-11H,5-6,16H2,1-3H3,(H,19,22);1H. The van der Waals surface area contributed by atoms with Crippen LogP contribution in [-0.4, -0.2) is 31.7 Å². The highest BCUT2D eigenvalue weighted by Gasteiger charge is 2.15. The van der Waals surface area contributed by atoms with Crippen molar-refractivity contribution < 1.29 is 4.79 Å². The summed E-state index contributed by atoms with van der Waals surface area (Å²) in [6, 6.07) is 3.58. The van der Waals surface area contributed by atoms with Crippen molar-refractivity contribution in [3.63, 3.8) is 0 Å². The molecule has 1 unspecified atom stereocenters. The van der Waals surface area contributed by atoms with Crippen molar-refractivity contribution >= 4 is 24.1 Å². The van der Waals surface area contributed by atoms with E-state index in [0.29, 0.717) is 24.6 Å². The third kappa shape index (κ3) is 5.30. The zero-order valence-electron chi connectivity index (χ0n) is 13.6. The lowest BCUT2D eigenvalue weighted by atomic mass is 10.1. The number of amides is 1. The van der Waals surface area contributed by atoms with E-state index in [0.717, 1.165) is 5.69 Å². The molecule has 0 radical (unpaired) electrons. The third-order valence-corrected chi connectivity index (χ3v) is 3.16. The zero-order chi connectivity index (χ0) is 16.1. The normalized spacial score (nSPS) is 11.9. The van der Waals surface area contributed by atoms with Gasteiger partial charge in [0.1, 0.15) is 5.82 Å². The minimum absolute atomic E-state index is 0. The summed E-state index contributed by atoms with van der Waals surface area (Å²) in [4.78, 5) is 20.4. The van der Waals surface area contributed by atoms with Gasteiger partial charge in [0.2, 0.25) is 5.91 Å². The van der Waals surface area contributed by atoms with Crippen LogP contribution < -0.4 is 11.1 Å². The maximum Gasteiger partial charge on any atom is 0.252 e. The molecule has 0 aliphatic rings. The lowest BCUT2D eigenvalue weighted by Crippen LogP contribution is -2.20. The molecule has 8 heteroatoms. The van der Waals surface area contributed by atoms with Crippen molar-refractivity contribution in [3.8, 4) is 5.95 Å². The Morgan fingerprint density at radius 3 is 2.52 bits per heavy atom. The number of carbonyl (C=O) groups excluding carboxylic acids is 1. The number of aromatic nitrogens is 4. The lowest BCUT2D eigenvalue weighted by molar-refractivity contribution is -0.116. The monoisotopic (exact) mass is 338 g/mol. The maximum absolute atomic E-state index is 12.0. The van der Waals surface area contributed by atoms with Crippen molar-refractivity contribution in [2.45, 2.75) is 45.6 Å². The number of halogens is 1. The van der Waals surface area contributed by atoms with Crippen LogP contribution in [0.4, 0.5) is 5.82 Å². The van der Waals surface area contributed by atoms with Crippen LogP contribution in [0.1, 0.15) is 45.2 Å². The van der Waals surface area contributed by atoms with Gasteiger partial charge < -0.3 is 11.1 Å². The average molecular weight is 339 g/mol. The Morgan fingerprint density at radius 1 is 1.30 bits per heavy atom. The Labute approximate surface area is 142 Å². The van der Waals surface area contributed by atoms with Crippen molar-refractivity contribution in [1.82, 2.24) is 19.7 Å². The molecular weight excluding hydrogens is 316 g/mol. The summed E-state index contributed by atoms with van der Waals surface area (Å²) >= 11 is 0. The molecule has 0 fully saturated rings. The quantitative estimate of drug-likeness (QED) is 0.841. The van der Waals surface area contributed by atoms with Gasteiger partial charge in [0.15, 0.2) is 0 Å². The predicted molar refractivity (Wildman–Crippen MR) is 92.0 cm³/mol. The molecule has 3 N–H and O–H groups in total.